The summed E-state index contributed by atoms with van der Waals surface area (Å²) >= 11 is 0. The van der Waals surface area contributed by atoms with Crippen LogP contribution in [-0.2, 0) is 16.0 Å². The first-order valence-corrected chi connectivity index (χ1v) is 12.3. The second-order valence-corrected chi connectivity index (χ2v) is 9.50. The Balaban J connectivity index is 1.41. The van der Waals surface area contributed by atoms with Crippen LogP contribution in [-0.4, -0.2) is 64.5 Å². The van der Waals surface area contributed by atoms with Crippen LogP contribution in [0.4, 0.5) is 8.78 Å². The SMILES string of the molecule is COc1ccc(CCC(=O)N2CCCN(C(=O)C(C(C)C)n3cnc4cc(F)c(F)cc43)CC2)cc1. The van der Waals surface area contributed by atoms with E-state index in [0.717, 1.165) is 23.4 Å². The molecule has 0 saturated carbocycles. The normalized spacial score (nSPS) is 15.3. The van der Waals surface area contributed by atoms with Gasteiger partial charge in [0, 0.05) is 44.7 Å². The fourth-order valence-corrected chi connectivity index (χ4v) is 4.75. The van der Waals surface area contributed by atoms with E-state index in [1.54, 1.807) is 16.6 Å². The minimum atomic E-state index is -0.974. The molecular formula is C27H32F2N4O3. The van der Waals surface area contributed by atoms with Crippen molar-refractivity contribution in [3.63, 3.8) is 0 Å². The summed E-state index contributed by atoms with van der Waals surface area (Å²) in [5, 5.41) is 0. The van der Waals surface area contributed by atoms with E-state index >= 15 is 0 Å². The van der Waals surface area contributed by atoms with Crippen LogP contribution >= 0.6 is 0 Å². The predicted molar refractivity (Wildman–Crippen MR) is 133 cm³/mol. The van der Waals surface area contributed by atoms with Crippen molar-refractivity contribution in [1.29, 1.82) is 0 Å². The van der Waals surface area contributed by atoms with Gasteiger partial charge in [0.2, 0.25) is 11.8 Å². The molecule has 2 amide bonds. The highest BCUT2D eigenvalue weighted by molar-refractivity contribution is 5.84. The molecule has 7 nitrogen and oxygen atoms in total. The standard InChI is InChI=1S/C27H32F2N4O3/c1-18(2)26(33-17-30-23-15-21(28)22(29)16-24(23)33)27(35)32-12-4-11-31(13-14-32)25(34)10-7-19-5-8-20(36-3)9-6-19/h5-6,8-9,15-18,26H,4,7,10-14H2,1-3H3. The summed E-state index contributed by atoms with van der Waals surface area (Å²) in [6, 6.07) is 9.21. The average molecular weight is 499 g/mol. The number of fused-ring (bicyclic) bond motifs is 1. The van der Waals surface area contributed by atoms with Crippen molar-refractivity contribution in [2.24, 2.45) is 5.92 Å². The highest BCUT2D eigenvalue weighted by atomic mass is 19.2. The van der Waals surface area contributed by atoms with E-state index in [9.17, 15) is 18.4 Å². The monoisotopic (exact) mass is 498 g/mol. The molecule has 0 spiro atoms. The Kier molecular flexibility index (Phi) is 7.86. The zero-order valence-corrected chi connectivity index (χ0v) is 20.9. The first-order chi connectivity index (χ1) is 17.3. The van der Waals surface area contributed by atoms with E-state index < -0.39 is 17.7 Å². The minimum Gasteiger partial charge on any atom is -0.497 e. The van der Waals surface area contributed by atoms with Crippen LogP contribution in [0.1, 0.15) is 38.3 Å². The molecule has 2 heterocycles. The Morgan fingerprint density at radius 1 is 1.00 bits per heavy atom. The van der Waals surface area contributed by atoms with E-state index in [0.29, 0.717) is 56.5 Å². The molecule has 4 rings (SSSR count). The minimum absolute atomic E-state index is 0.0682. The van der Waals surface area contributed by atoms with Crippen LogP contribution in [0.3, 0.4) is 0 Å². The average Bonchev–Trinajstić information content (AvgIpc) is 3.09. The summed E-state index contributed by atoms with van der Waals surface area (Å²) < 4.78 is 34.4. The van der Waals surface area contributed by atoms with E-state index in [4.69, 9.17) is 4.74 Å². The fraction of sp³-hybridized carbons (Fsp3) is 0.444. The molecule has 0 aliphatic carbocycles. The van der Waals surface area contributed by atoms with Gasteiger partial charge in [0.25, 0.3) is 0 Å². The number of hydrogen-bond donors (Lipinski definition) is 0. The van der Waals surface area contributed by atoms with Gasteiger partial charge in [-0.3, -0.25) is 9.59 Å². The number of hydrogen-bond acceptors (Lipinski definition) is 4. The zero-order chi connectivity index (χ0) is 25.8. The summed E-state index contributed by atoms with van der Waals surface area (Å²) in [6.45, 7) is 5.84. The van der Waals surface area contributed by atoms with Gasteiger partial charge in [-0.1, -0.05) is 26.0 Å². The number of benzene rings is 2. The Hall–Kier alpha value is -3.49. The van der Waals surface area contributed by atoms with Gasteiger partial charge in [0.05, 0.1) is 24.5 Å². The molecule has 1 aliphatic heterocycles. The van der Waals surface area contributed by atoms with Crippen molar-refractivity contribution in [2.75, 3.05) is 33.3 Å². The molecule has 1 saturated heterocycles. The summed E-state index contributed by atoms with van der Waals surface area (Å²) in [7, 11) is 1.62. The van der Waals surface area contributed by atoms with Gasteiger partial charge in [-0.15, -0.1) is 0 Å². The predicted octanol–water partition coefficient (Wildman–Crippen LogP) is 4.21. The fourth-order valence-electron chi connectivity index (χ4n) is 4.75. The molecule has 1 aliphatic rings. The lowest BCUT2D eigenvalue weighted by Gasteiger charge is -2.29. The number of ether oxygens (including phenoxy) is 1. The van der Waals surface area contributed by atoms with Gasteiger partial charge in [-0.05, 0) is 36.5 Å². The number of aromatic nitrogens is 2. The topological polar surface area (TPSA) is 67.7 Å². The van der Waals surface area contributed by atoms with Crippen molar-refractivity contribution in [3.05, 3.63) is 59.9 Å². The third-order valence-electron chi connectivity index (χ3n) is 6.75. The maximum absolute atomic E-state index is 13.9. The Labute approximate surface area is 209 Å². The molecule has 0 radical (unpaired) electrons. The molecule has 0 bridgehead atoms. The lowest BCUT2D eigenvalue weighted by Crippen LogP contribution is -2.42. The molecule has 0 N–H and O–H groups in total. The third-order valence-corrected chi connectivity index (χ3v) is 6.75. The quantitative estimate of drug-likeness (QED) is 0.489. The van der Waals surface area contributed by atoms with E-state index in [-0.39, 0.29) is 17.7 Å². The Bertz CT molecular complexity index is 1230. The molecule has 1 atom stereocenters. The van der Waals surface area contributed by atoms with Gasteiger partial charge in [-0.25, -0.2) is 13.8 Å². The lowest BCUT2D eigenvalue weighted by molar-refractivity contribution is -0.137. The first-order valence-electron chi connectivity index (χ1n) is 12.3. The van der Waals surface area contributed by atoms with Crippen LogP contribution < -0.4 is 4.74 Å². The van der Waals surface area contributed by atoms with Crippen molar-refractivity contribution < 1.29 is 23.1 Å². The number of rotatable bonds is 7. The zero-order valence-electron chi connectivity index (χ0n) is 20.9. The molecule has 3 aromatic rings. The van der Waals surface area contributed by atoms with Crippen molar-refractivity contribution in [2.45, 2.75) is 39.2 Å². The van der Waals surface area contributed by atoms with Crippen LogP contribution in [0.2, 0.25) is 0 Å². The summed E-state index contributed by atoms with van der Waals surface area (Å²) in [4.78, 5) is 34.3. The van der Waals surface area contributed by atoms with Crippen LogP contribution in [0.25, 0.3) is 11.0 Å². The van der Waals surface area contributed by atoms with Crippen LogP contribution in [0.5, 0.6) is 5.75 Å². The Morgan fingerprint density at radius 3 is 2.36 bits per heavy atom. The highest BCUT2D eigenvalue weighted by Gasteiger charge is 2.31. The second kappa shape index (κ2) is 11.1. The molecule has 192 valence electrons. The number of halogens is 2. The molecule has 2 aromatic carbocycles. The molecule has 9 heteroatoms. The van der Waals surface area contributed by atoms with Crippen molar-refractivity contribution in [1.82, 2.24) is 19.4 Å². The van der Waals surface area contributed by atoms with Gasteiger partial charge >= 0.3 is 0 Å². The number of carbonyl (C=O) groups excluding carboxylic acids is 2. The van der Waals surface area contributed by atoms with E-state index in [2.05, 4.69) is 4.98 Å². The van der Waals surface area contributed by atoms with Crippen molar-refractivity contribution >= 4 is 22.8 Å². The second-order valence-electron chi connectivity index (χ2n) is 9.50. The van der Waals surface area contributed by atoms with Gasteiger partial charge < -0.3 is 19.1 Å². The molecule has 1 fully saturated rings. The maximum Gasteiger partial charge on any atom is 0.246 e. The number of nitrogens with zero attached hydrogens (tertiary/aromatic N) is 4. The summed E-state index contributed by atoms with van der Waals surface area (Å²) in [5.41, 5.74) is 1.75. The lowest BCUT2D eigenvalue weighted by atomic mass is 10.0. The molecule has 1 unspecified atom stereocenters. The highest BCUT2D eigenvalue weighted by Crippen LogP contribution is 2.27. The van der Waals surface area contributed by atoms with Gasteiger partial charge in [0.15, 0.2) is 11.6 Å². The Morgan fingerprint density at radius 2 is 1.67 bits per heavy atom. The van der Waals surface area contributed by atoms with Gasteiger partial charge in [-0.2, -0.15) is 0 Å². The third kappa shape index (κ3) is 5.50. The smallest absolute Gasteiger partial charge is 0.246 e. The summed E-state index contributed by atoms with van der Waals surface area (Å²) in [6.07, 6.45) is 3.19. The van der Waals surface area contributed by atoms with Crippen LogP contribution in [0.15, 0.2) is 42.7 Å². The number of carbonyl (C=O) groups is 2. The number of methoxy groups -OCH3 is 1. The molecule has 1 aromatic heterocycles. The summed E-state index contributed by atoms with van der Waals surface area (Å²) in [5.74, 6) is -1.31. The molecule has 36 heavy (non-hydrogen) atoms. The largest absolute Gasteiger partial charge is 0.497 e. The van der Waals surface area contributed by atoms with Crippen molar-refractivity contribution in [3.8, 4) is 5.75 Å². The molecular weight excluding hydrogens is 466 g/mol. The van der Waals surface area contributed by atoms with Gasteiger partial charge in [0.1, 0.15) is 11.8 Å². The number of imidazole rings is 1. The first kappa shape index (κ1) is 25.6. The van der Waals surface area contributed by atoms with Crippen LogP contribution in [0, 0.1) is 17.6 Å². The number of aryl methyl sites for hydroxylation is 1. The van der Waals surface area contributed by atoms with E-state index in [1.807, 2.05) is 43.0 Å². The van der Waals surface area contributed by atoms with E-state index in [1.165, 1.54) is 6.33 Å². The number of amides is 2. The maximum atomic E-state index is 13.9.